The summed E-state index contributed by atoms with van der Waals surface area (Å²) in [6.45, 7) is 2.65. The second-order valence-electron chi connectivity index (χ2n) is 4.82. The molecule has 0 radical (unpaired) electrons. The van der Waals surface area contributed by atoms with Crippen molar-refractivity contribution in [3.05, 3.63) is 0 Å². The second kappa shape index (κ2) is 4.59. The van der Waals surface area contributed by atoms with E-state index in [2.05, 4.69) is 10.6 Å². The molecular weight excluding hydrogens is 208 g/mol. The summed E-state index contributed by atoms with van der Waals surface area (Å²) >= 11 is 0. The Kier molecular flexibility index (Phi) is 3.35. The minimum absolute atomic E-state index is 0.183. The molecule has 2 amide bonds. The zero-order valence-corrected chi connectivity index (χ0v) is 9.66. The van der Waals surface area contributed by atoms with Crippen LogP contribution in [0.3, 0.4) is 0 Å². The van der Waals surface area contributed by atoms with Crippen molar-refractivity contribution in [2.45, 2.75) is 50.4 Å². The number of urea groups is 1. The highest BCUT2D eigenvalue weighted by atomic mass is 16.5. The van der Waals surface area contributed by atoms with Gasteiger partial charge in [0.15, 0.2) is 0 Å². The van der Waals surface area contributed by atoms with Crippen LogP contribution >= 0.6 is 0 Å². The summed E-state index contributed by atoms with van der Waals surface area (Å²) in [6, 6.07) is 0.143. The summed E-state index contributed by atoms with van der Waals surface area (Å²) < 4.78 is 5.29. The Morgan fingerprint density at radius 1 is 1.56 bits per heavy atom. The van der Waals surface area contributed by atoms with E-state index < -0.39 is 5.60 Å². The van der Waals surface area contributed by atoms with Gasteiger partial charge in [0, 0.05) is 19.1 Å². The first kappa shape index (κ1) is 11.7. The van der Waals surface area contributed by atoms with Crippen molar-refractivity contribution in [3.8, 4) is 0 Å². The molecule has 2 fully saturated rings. The van der Waals surface area contributed by atoms with Crippen LogP contribution in [0, 0.1) is 0 Å². The van der Waals surface area contributed by atoms with Crippen LogP contribution in [0.5, 0.6) is 0 Å². The fraction of sp³-hybridized carbons (Fsp3) is 0.909. The van der Waals surface area contributed by atoms with E-state index in [0.29, 0.717) is 19.1 Å². The van der Waals surface area contributed by atoms with Gasteiger partial charge in [0.1, 0.15) is 5.60 Å². The largest absolute Gasteiger partial charge is 0.385 e. The number of carbonyl (C=O) groups is 1. The van der Waals surface area contributed by atoms with Crippen molar-refractivity contribution in [2.75, 3.05) is 13.2 Å². The van der Waals surface area contributed by atoms with Crippen molar-refractivity contribution in [1.82, 2.24) is 10.6 Å². The standard InChI is InChI=1S/C11H20N2O3/c1-8-11(15,5-6-16-8)7-12-10(14)13-9-3-2-4-9/h8-9,15H,2-7H2,1H3,(H2,12,13,14). The van der Waals surface area contributed by atoms with Crippen molar-refractivity contribution in [1.29, 1.82) is 0 Å². The average Bonchev–Trinajstić information content (AvgIpc) is 2.51. The molecule has 2 rings (SSSR count). The molecule has 16 heavy (non-hydrogen) atoms. The third-order valence-electron chi connectivity index (χ3n) is 3.66. The lowest BCUT2D eigenvalue weighted by molar-refractivity contribution is -0.0244. The van der Waals surface area contributed by atoms with Gasteiger partial charge in [-0.2, -0.15) is 0 Å². The van der Waals surface area contributed by atoms with Gasteiger partial charge in [0.25, 0.3) is 0 Å². The first-order valence-electron chi connectivity index (χ1n) is 5.98. The Balaban J connectivity index is 1.71. The molecule has 92 valence electrons. The summed E-state index contributed by atoms with van der Waals surface area (Å²) in [5.74, 6) is 0. The highest BCUT2D eigenvalue weighted by Gasteiger charge is 2.39. The number of hydrogen-bond acceptors (Lipinski definition) is 3. The van der Waals surface area contributed by atoms with Crippen LogP contribution in [0.1, 0.15) is 32.6 Å². The smallest absolute Gasteiger partial charge is 0.315 e. The van der Waals surface area contributed by atoms with E-state index >= 15 is 0 Å². The van der Waals surface area contributed by atoms with Crippen LogP contribution in [0.15, 0.2) is 0 Å². The second-order valence-corrected chi connectivity index (χ2v) is 4.82. The third-order valence-corrected chi connectivity index (χ3v) is 3.66. The van der Waals surface area contributed by atoms with Gasteiger partial charge in [-0.25, -0.2) is 4.79 Å². The molecule has 5 nitrogen and oxygen atoms in total. The van der Waals surface area contributed by atoms with E-state index in [1.807, 2.05) is 6.92 Å². The molecule has 3 N–H and O–H groups in total. The Hall–Kier alpha value is -0.810. The molecule has 0 aromatic rings. The maximum atomic E-state index is 11.5. The molecule has 1 aliphatic carbocycles. The van der Waals surface area contributed by atoms with Crippen molar-refractivity contribution in [3.63, 3.8) is 0 Å². The summed E-state index contributed by atoms with van der Waals surface area (Å²) in [5, 5.41) is 15.7. The molecule has 2 unspecified atom stereocenters. The molecule has 5 heteroatoms. The molecular formula is C11H20N2O3. The van der Waals surface area contributed by atoms with Crippen molar-refractivity contribution >= 4 is 6.03 Å². The average molecular weight is 228 g/mol. The summed E-state index contributed by atoms with van der Waals surface area (Å²) in [5.41, 5.74) is -0.906. The fourth-order valence-electron chi connectivity index (χ4n) is 2.03. The van der Waals surface area contributed by atoms with Crippen LogP contribution in [0.4, 0.5) is 4.79 Å². The van der Waals surface area contributed by atoms with Gasteiger partial charge >= 0.3 is 6.03 Å². The molecule has 0 bridgehead atoms. The van der Waals surface area contributed by atoms with E-state index in [4.69, 9.17) is 4.74 Å². The van der Waals surface area contributed by atoms with E-state index in [9.17, 15) is 9.90 Å². The van der Waals surface area contributed by atoms with Crippen LogP contribution in [-0.4, -0.2) is 42.0 Å². The molecule has 0 aromatic carbocycles. The molecule has 1 heterocycles. The predicted molar refractivity (Wildman–Crippen MR) is 59.2 cm³/mol. The predicted octanol–water partition coefficient (Wildman–Crippen LogP) is 0.378. The minimum atomic E-state index is -0.906. The monoisotopic (exact) mass is 228 g/mol. The number of nitrogens with one attached hydrogen (secondary N) is 2. The number of aliphatic hydroxyl groups is 1. The summed E-state index contributed by atoms with van der Waals surface area (Å²) in [6.07, 6.45) is 3.70. The number of ether oxygens (including phenoxy) is 1. The van der Waals surface area contributed by atoms with Crippen LogP contribution in [0.25, 0.3) is 0 Å². The summed E-state index contributed by atoms with van der Waals surface area (Å²) in [4.78, 5) is 11.5. The van der Waals surface area contributed by atoms with E-state index in [0.717, 1.165) is 12.8 Å². The molecule has 0 spiro atoms. The lowest BCUT2D eigenvalue weighted by atomic mass is 9.93. The van der Waals surface area contributed by atoms with Gasteiger partial charge in [-0.05, 0) is 26.2 Å². The zero-order chi connectivity index (χ0) is 11.6. The lowest BCUT2D eigenvalue weighted by Crippen LogP contribution is -2.52. The molecule has 1 saturated carbocycles. The number of amides is 2. The highest BCUT2D eigenvalue weighted by Crippen LogP contribution is 2.24. The Labute approximate surface area is 95.5 Å². The Morgan fingerprint density at radius 2 is 2.31 bits per heavy atom. The van der Waals surface area contributed by atoms with Crippen LogP contribution in [-0.2, 0) is 4.74 Å². The first-order valence-corrected chi connectivity index (χ1v) is 5.98. The molecule has 0 aromatic heterocycles. The maximum absolute atomic E-state index is 11.5. The fourth-order valence-corrected chi connectivity index (χ4v) is 2.03. The first-order chi connectivity index (χ1) is 7.60. The molecule has 1 saturated heterocycles. The van der Waals surface area contributed by atoms with Gasteiger partial charge < -0.3 is 20.5 Å². The third kappa shape index (κ3) is 2.47. The van der Waals surface area contributed by atoms with Gasteiger partial charge in [0.05, 0.1) is 12.6 Å². The van der Waals surface area contributed by atoms with Crippen molar-refractivity contribution < 1.29 is 14.6 Å². The Morgan fingerprint density at radius 3 is 2.81 bits per heavy atom. The highest BCUT2D eigenvalue weighted by molar-refractivity contribution is 5.74. The minimum Gasteiger partial charge on any atom is -0.385 e. The van der Waals surface area contributed by atoms with E-state index in [1.165, 1.54) is 6.42 Å². The van der Waals surface area contributed by atoms with Gasteiger partial charge in [-0.15, -0.1) is 0 Å². The zero-order valence-electron chi connectivity index (χ0n) is 9.66. The number of rotatable bonds is 3. The SMILES string of the molecule is CC1OCCC1(O)CNC(=O)NC1CCC1. The number of carbonyl (C=O) groups excluding carboxylic acids is 1. The Bertz CT molecular complexity index is 268. The lowest BCUT2D eigenvalue weighted by Gasteiger charge is -2.29. The molecule has 2 aliphatic rings. The van der Waals surface area contributed by atoms with Gasteiger partial charge in [0.2, 0.25) is 0 Å². The molecule has 2 atom stereocenters. The topological polar surface area (TPSA) is 70.6 Å². The van der Waals surface area contributed by atoms with E-state index in [1.54, 1.807) is 0 Å². The number of hydrogen-bond donors (Lipinski definition) is 3. The molecule has 1 aliphatic heterocycles. The van der Waals surface area contributed by atoms with Crippen LogP contribution < -0.4 is 10.6 Å². The maximum Gasteiger partial charge on any atom is 0.315 e. The summed E-state index contributed by atoms with van der Waals surface area (Å²) in [7, 11) is 0. The van der Waals surface area contributed by atoms with Crippen molar-refractivity contribution in [2.24, 2.45) is 0 Å². The normalized spacial score (nSPS) is 34.5. The van der Waals surface area contributed by atoms with Gasteiger partial charge in [-0.3, -0.25) is 0 Å². The van der Waals surface area contributed by atoms with Crippen LogP contribution in [0.2, 0.25) is 0 Å². The van der Waals surface area contributed by atoms with Gasteiger partial charge in [-0.1, -0.05) is 0 Å². The quantitative estimate of drug-likeness (QED) is 0.654. The van der Waals surface area contributed by atoms with E-state index in [-0.39, 0.29) is 18.7 Å².